The highest BCUT2D eigenvalue weighted by atomic mass is 35.5. The van der Waals surface area contributed by atoms with Crippen LogP contribution in [0.25, 0.3) is 0 Å². The monoisotopic (exact) mass is 245 g/mol. The molecule has 0 aliphatic carbocycles. The van der Waals surface area contributed by atoms with Crippen LogP contribution < -0.4 is 11.3 Å². The fraction of sp³-hybridized carbons (Fsp3) is 0.300. The van der Waals surface area contributed by atoms with Gasteiger partial charge in [-0.1, -0.05) is 36.2 Å². The first-order valence-corrected chi connectivity index (χ1v) is 5.41. The summed E-state index contributed by atoms with van der Waals surface area (Å²) in [6.45, 7) is 2.74. The van der Waals surface area contributed by atoms with E-state index in [-0.39, 0.29) is 0 Å². The van der Waals surface area contributed by atoms with Crippen LogP contribution in [0.2, 0.25) is 10.0 Å². The zero-order valence-electron chi connectivity index (χ0n) is 8.43. The summed E-state index contributed by atoms with van der Waals surface area (Å²) in [6, 6.07) is 5.35. The van der Waals surface area contributed by atoms with E-state index in [4.69, 9.17) is 29.0 Å². The van der Waals surface area contributed by atoms with E-state index in [1.54, 1.807) is 6.07 Å². The number of halogens is 2. The summed E-state index contributed by atoms with van der Waals surface area (Å²) in [5.74, 6) is 5.94. The van der Waals surface area contributed by atoms with Gasteiger partial charge in [-0.05, 0) is 18.6 Å². The number of amidine groups is 1. The molecule has 3 N–H and O–H groups in total. The summed E-state index contributed by atoms with van der Waals surface area (Å²) in [4.78, 5) is 4.27. The lowest BCUT2D eigenvalue weighted by Crippen LogP contribution is -2.31. The predicted molar refractivity (Wildman–Crippen MR) is 65.5 cm³/mol. The first-order valence-electron chi connectivity index (χ1n) is 4.66. The van der Waals surface area contributed by atoms with Gasteiger partial charge in [-0.25, -0.2) is 5.84 Å². The van der Waals surface area contributed by atoms with Gasteiger partial charge in [-0.15, -0.1) is 0 Å². The number of rotatable bonds is 3. The lowest BCUT2D eigenvalue weighted by Gasteiger charge is -2.08. The van der Waals surface area contributed by atoms with Crippen molar-refractivity contribution in [2.45, 2.75) is 13.3 Å². The first-order chi connectivity index (χ1) is 7.20. The molecule has 5 heteroatoms. The number of nitrogens with one attached hydrogen (secondary N) is 1. The molecule has 0 amide bonds. The van der Waals surface area contributed by atoms with Crippen molar-refractivity contribution in [2.24, 2.45) is 10.8 Å². The molecule has 0 bridgehead atoms. The minimum Gasteiger partial charge on any atom is -0.308 e. The van der Waals surface area contributed by atoms with Crippen LogP contribution in [0, 0.1) is 0 Å². The molecule has 0 saturated carbocycles. The molecule has 0 aliphatic heterocycles. The van der Waals surface area contributed by atoms with Crippen LogP contribution in [0.1, 0.15) is 18.9 Å². The Hall–Kier alpha value is -0.770. The topological polar surface area (TPSA) is 50.4 Å². The molecule has 0 heterocycles. The highest BCUT2D eigenvalue weighted by Gasteiger charge is 2.08. The number of hydrogen-bond donors (Lipinski definition) is 2. The van der Waals surface area contributed by atoms with Crippen LogP contribution in [0.15, 0.2) is 23.2 Å². The van der Waals surface area contributed by atoms with Gasteiger partial charge in [0.15, 0.2) is 0 Å². The molecule has 0 aromatic heterocycles. The second kappa shape index (κ2) is 5.95. The summed E-state index contributed by atoms with van der Waals surface area (Å²) in [6.07, 6.45) is 0.948. The van der Waals surface area contributed by atoms with Gasteiger partial charge in [-0.2, -0.15) is 0 Å². The maximum Gasteiger partial charge on any atom is 0.144 e. The normalized spacial score (nSPS) is 11.6. The van der Waals surface area contributed by atoms with Crippen molar-refractivity contribution in [1.82, 2.24) is 5.43 Å². The summed E-state index contributed by atoms with van der Waals surface area (Å²) in [5.41, 5.74) is 3.25. The van der Waals surface area contributed by atoms with Crippen molar-refractivity contribution >= 4 is 29.0 Å². The summed E-state index contributed by atoms with van der Waals surface area (Å²) >= 11 is 11.9. The van der Waals surface area contributed by atoms with E-state index in [9.17, 15) is 0 Å². The van der Waals surface area contributed by atoms with Gasteiger partial charge in [0.2, 0.25) is 0 Å². The lowest BCUT2D eigenvalue weighted by molar-refractivity contribution is 0.908. The van der Waals surface area contributed by atoms with Gasteiger partial charge in [0, 0.05) is 12.1 Å². The predicted octanol–water partition coefficient (Wildman–Crippen LogP) is 2.61. The largest absolute Gasteiger partial charge is 0.308 e. The third-order valence-corrected chi connectivity index (χ3v) is 2.66. The molecular formula is C10H13Cl2N3. The molecule has 15 heavy (non-hydrogen) atoms. The zero-order chi connectivity index (χ0) is 11.3. The summed E-state index contributed by atoms with van der Waals surface area (Å²) in [5, 5.41) is 0.959. The second-order valence-corrected chi connectivity index (χ2v) is 3.76. The third-order valence-electron chi connectivity index (χ3n) is 1.84. The van der Waals surface area contributed by atoms with Gasteiger partial charge in [0.1, 0.15) is 5.84 Å². The molecule has 0 saturated heterocycles. The molecule has 3 nitrogen and oxygen atoms in total. The van der Waals surface area contributed by atoms with Crippen LogP contribution in [-0.4, -0.2) is 12.4 Å². The fourth-order valence-corrected chi connectivity index (χ4v) is 1.51. The van der Waals surface area contributed by atoms with E-state index in [1.807, 2.05) is 19.1 Å². The van der Waals surface area contributed by atoms with Crippen LogP contribution in [0.5, 0.6) is 0 Å². The standard InChI is InChI=1S/C10H13Cl2N3/c1-2-6-14-10(15-13)7-4-3-5-8(11)9(7)12/h3-5H,2,6,13H2,1H3,(H,14,15). The van der Waals surface area contributed by atoms with Gasteiger partial charge in [0.05, 0.1) is 10.0 Å². The Morgan fingerprint density at radius 1 is 1.47 bits per heavy atom. The second-order valence-electron chi connectivity index (χ2n) is 2.98. The lowest BCUT2D eigenvalue weighted by atomic mass is 10.2. The van der Waals surface area contributed by atoms with Gasteiger partial charge >= 0.3 is 0 Å². The van der Waals surface area contributed by atoms with Gasteiger partial charge in [-0.3, -0.25) is 4.99 Å². The van der Waals surface area contributed by atoms with Crippen LogP contribution in [-0.2, 0) is 0 Å². The van der Waals surface area contributed by atoms with Crippen LogP contribution in [0.3, 0.4) is 0 Å². The zero-order valence-corrected chi connectivity index (χ0v) is 9.94. The highest BCUT2D eigenvalue weighted by Crippen LogP contribution is 2.25. The van der Waals surface area contributed by atoms with Crippen LogP contribution >= 0.6 is 23.2 Å². The van der Waals surface area contributed by atoms with Crippen molar-refractivity contribution < 1.29 is 0 Å². The number of hydrazine groups is 1. The van der Waals surface area contributed by atoms with Crippen molar-refractivity contribution in [3.05, 3.63) is 33.8 Å². The Kier molecular flexibility index (Phi) is 4.88. The molecule has 1 aromatic rings. The fourth-order valence-electron chi connectivity index (χ4n) is 1.12. The molecule has 0 radical (unpaired) electrons. The molecule has 0 spiro atoms. The Morgan fingerprint density at radius 2 is 2.20 bits per heavy atom. The number of nitrogens with zero attached hydrogens (tertiary/aromatic N) is 1. The molecule has 0 fully saturated rings. The van der Waals surface area contributed by atoms with E-state index >= 15 is 0 Å². The quantitative estimate of drug-likeness (QED) is 0.373. The van der Waals surface area contributed by atoms with Crippen molar-refractivity contribution in [1.29, 1.82) is 0 Å². The third kappa shape index (κ3) is 3.09. The molecule has 0 atom stereocenters. The van der Waals surface area contributed by atoms with Crippen LogP contribution in [0.4, 0.5) is 0 Å². The van der Waals surface area contributed by atoms with Crippen molar-refractivity contribution in [3.63, 3.8) is 0 Å². The van der Waals surface area contributed by atoms with E-state index in [2.05, 4.69) is 10.4 Å². The summed E-state index contributed by atoms with van der Waals surface area (Å²) < 4.78 is 0. The molecule has 1 rings (SSSR count). The molecule has 1 aromatic carbocycles. The number of nitrogens with two attached hydrogens (primary N) is 1. The average molecular weight is 246 g/mol. The maximum absolute atomic E-state index is 6.04. The molecular weight excluding hydrogens is 233 g/mol. The van der Waals surface area contributed by atoms with Gasteiger partial charge in [0.25, 0.3) is 0 Å². The number of aliphatic imine (C=N–C) groups is 1. The number of benzene rings is 1. The van der Waals surface area contributed by atoms with Gasteiger partial charge < -0.3 is 5.43 Å². The summed E-state index contributed by atoms with van der Waals surface area (Å²) in [7, 11) is 0. The first kappa shape index (κ1) is 12.3. The highest BCUT2D eigenvalue weighted by molar-refractivity contribution is 6.44. The Balaban J connectivity index is 3.07. The minimum atomic E-state index is 0.465. The maximum atomic E-state index is 6.04. The minimum absolute atomic E-state index is 0.465. The smallest absolute Gasteiger partial charge is 0.144 e. The molecule has 82 valence electrons. The van der Waals surface area contributed by atoms with E-state index in [0.717, 1.165) is 12.0 Å². The molecule has 0 aliphatic rings. The van der Waals surface area contributed by atoms with E-state index < -0.39 is 0 Å². The van der Waals surface area contributed by atoms with E-state index in [0.29, 0.717) is 22.4 Å². The van der Waals surface area contributed by atoms with Crippen molar-refractivity contribution in [3.8, 4) is 0 Å². The average Bonchev–Trinajstić information content (AvgIpc) is 2.25. The Labute approximate surface area is 99.3 Å². The number of hydrogen-bond acceptors (Lipinski definition) is 2. The van der Waals surface area contributed by atoms with Crippen molar-refractivity contribution in [2.75, 3.05) is 6.54 Å². The Morgan fingerprint density at radius 3 is 2.80 bits per heavy atom. The SMILES string of the molecule is CCCN=C(NN)c1cccc(Cl)c1Cl. The Bertz CT molecular complexity index is 364. The molecule has 0 unspecified atom stereocenters. The van der Waals surface area contributed by atoms with E-state index in [1.165, 1.54) is 0 Å².